The lowest BCUT2D eigenvalue weighted by Crippen LogP contribution is -2.19. The molecule has 82 valence electrons. The van der Waals surface area contributed by atoms with Crippen molar-refractivity contribution in [3.8, 4) is 0 Å². The maximum Gasteiger partial charge on any atom is 0.150 e. The highest BCUT2D eigenvalue weighted by atomic mass is 32.2. The quantitative estimate of drug-likeness (QED) is 0.533. The van der Waals surface area contributed by atoms with Crippen molar-refractivity contribution in [3.63, 3.8) is 0 Å². The summed E-state index contributed by atoms with van der Waals surface area (Å²) in [5, 5.41) is 0. The van der Waals surface area contributed by atoms with Gasteiger partial charge in [0.2, 0.25) is 0 Å². The van der Waals surface area contributed by atoms with Gasteiger partial charge < -0.3 is 4.74 Å². The predicted molar refractivity (Wildman–Crippen MR) is 56.8 cm³/mol. The zero-order valence-electron chi connectivity index (χ0n) is 8.82. The predicted octanol–water partition coefficient (Wildman–Crippen LogP) is 1.75. The minimum Gasteiger partial charge on any atom is -0.502 e. The van der Waals surface area contributed by atoms with Crippen LogP contribution in [0.3, 0.4) is 0 Å². The maximum absolute atomic E-state index is 11.3. The van der Waals surface area contributed by atoms with E-state index in [0.717, 1.165) is 12.8 Å². The van der Waals surface area contributed by atoms with Crippen LogP contribution in [-0.4, -0.2) is 26.5 Å². The van der Waals surface area contributed by atoms with Gasteiger partial charge in [0, 0.05) is 0 Å². The molecule has 1 aliphatic heterocycles. The second kappa shape index (κ2) is 4.34. The first-order valence-electron chi connectivity index (χ1n) is 4.91. The highest BCUT2D eigenvalue weighted by Gasteiger charge is 2.37. The van der Waals surface area contributed by atoms with E-state index in [1.807, 2.05) is 19.9 Å². The third-order valence-corrected chi connectivity index (χ3v) is 4.60. The van der Waals surface area contributed by atoms with Crippen molar-refractivity contribution < 1.29 is 13.2 Å². The first-order valence-corrected chi connectivity index (χ1v) is 6.73. The molecule has 1 aliphatic rings. The Morgan fingerprint density at radius 2 is 2.21 bits per heavy atom. The van der Waals surface area contributed by atoms with Crippen LogP contribution in [-0.2, 0) is 14.6 Å². The van der Waals surface area contributed by atoms with Gasteiger partial charge in [0.05, 0.1) is 24.4 Å². The largest absolute Gasteiger partial charge is 0.502 e. The van der Waals surface area contributed by atoms with Gasteiger partial charge in [-0.2, -0.15) is 0 Å². The lowest BCUT2D eigenvalue weighted by atomic mass is 9.87. The third-order valence-electron chi connectivity index (χ3n) is 2.64. The molecule has 0 aromatic heterocycles. The van der Waals surface area contributed by atoms with Gasteiger partial charge >= 0.3 is 0 Å². The van der Waals surface area contributed by atoms with Crippen molar-refractivity contribution >= 4 is 9.84 Å². The molecule has 14 heavy (non-hydrogen) atoms. The Hall–Kier alpha value is -0.510. The molecule has 0 aliphatic carbocycles. The Kier molecular flexibility index (Phi) is 3.59. The average Bonchev–Trinajstić information content (AvgIpc) is 2.36. The summed E-state index contributed by atoms with van der Waals surface area (Å²) in [6, 6.07) is 0. The summed E-state index contributed by atoms with van der Waals surface area (Å²) in [6.45, 7) is 4.52. The Labute approximate surface area is 86.1 Å². The van der Waals surface area contributed by atoms with Crippen LogP contribution in [0.4, 0.5) is 0 Å². The molecule has 1 heterocycles. The fourth-order valence-corrected chi connectivity index (χ4v) is 4.04. The van der Waals surface area contributed by atoms with E-state index in [9.17, 15) is 8.42 Å². The monoisotopic (exact) mass is 218 g/mol. The molecule has 3 nitrogen and oxygen atoms in total. The molecular weight excluding hydrogens is 200 g/mol. The van der Waals surface area contributed by atoms with E-state index in [2.05, 4.69) is 0 Å². The molecular formula is C10H18O3S. The zero-order chi connectivity index (χ0) is 10.7. The fourth-order valence-electron chi connectivity index (χ4n) is 1.74. The van der Waals surface area contributed by atoms with Gasteiger partial charge in [-0.3, -0.25) is 0 Å². The first-order chi connectivity index (χ1) is 6.47. The summed E-state index contributed by atoms with van der Waals surface area (Å²) in [6.07, 6.45) is 5.06. The molecule has 0 radical (unpaired) electrons. The SMILES string of the molecule is C/C=C/OCCC1(C)CCS(=O)(=O)C1. The van der Waals surface area contributed by atoms with Crippen LogP contribution in [0.2, 0.25) is 0 Å². The standard InChI is InChI=1S/C10H18O3S/c1-3-6-13-7-4-10(2)5-8-14(11,12)9-10/h3,6H,4-5,7-9H2,1-2H3/b6-3+. The van der Waals surface area contributed by atoms with Crippen LogP contribution < -0.4 is 0 Å². The molecule has 0 aromatic rings. The lowest BCUT2D eigenvalue weighted by Gasteiger charge is -2.20. The summed E-state index contributed by atoms with van der Waals surface area (Å²) in [7, 11) is -2.77. The van der Waals surface area contributed by atoms with Crippen molar-refractivity contribution in [1.29, 1.82) is 0 Å². The van der Waals surface area contributed by atoms with Crippen LogP contribution in [0.5, 0.6) is 0 Å². The normalized spacial score (nSPS) is 31.0. The number of hydrogen-bond donors (Lipinski definition) is 0. The Morgan fingerprint density at radius 1 is 1.50 bits per heavy atom. The summed E-state index contributed by atoms with van der Waals surface area (Å²) in [5.41, 5.74) is -0.0690. The summed E-state index contributed by atoms with van der Waals surface area (Å²) < 4.78 is 27.8. The summed E-state index contributed by atoms with van der Waals surface area (Å²) in [5.74, 6) is 0.659. The van der Waals surface area contributed by atoms with Crippen LogP contribution >= 0.6 is 0 Å². The Balaban J connectivity index is 2.37. The van der Waals surface area contributed by atoms with Gasteiger partial charge in [-0.05, 0) is 25.2 Å². The van der Waals surface area contributed by atoms with Crippen molar-refractivity contribution in [3.05, 3.63) is 12.3 Å². The molecule has 0 aromatic carbocycles. The van der Waals surface area contributed by atoms with E-state index >= 15 is 0 Å². The fraction of sp³-hybridized carbons (Fsp3) is 0.800. The molecule has 0 bridgehead atoms. The first kappa shape index (κ1) is 11.6. The molecule has 1 atom stereocenters. The molecule has 0 amide bonds. The molecule has 0 saturated carbocycles. The highest BCUT2D eigenvalue weighted by Crippen LogP contribution is 2.34. The number of ether oxygens (including phenoxy) is 1. The van der Waals surface area contributed by atoms with E-state index in [1.165, 1.54) is 0 Å². The smallest absolute Gasteiger partial charge is 0.150 e. The van der Waals surface area contributed by atoms with Crippen molar-refractivity contribution in [1.82, 2.24) is 0 Å². The minimum absolute atomic E-state index is 0.0690. The number of sulfone groups is 1. The van der Waals surface area contributed by atoms with Gasteiger partial charge in [-0.1, -0.05) is 13.0 Å². The summed E-state index contributed by atoms with van der Waals surface area (Å²) in [4.78, 5) is 0. The second-order valence-electron chi connectivity index (χ2n) is 4.24. The number of allylic oxidation sites excluding steroid dienone is 1. The van der Waals surface area contributed by atoms with E-state index in [4.69, 9.17) is 4.74 Å². The highest BCUT2D eigenvalue weighted by molar-refractivity contribution is 7.91. The van der Waals surface area contributed by atoms with Crippen LogP contribution in [0, 0.1) is 5.41 Å². The lowest BCUT2D eigenvalue weighted by molar-refractivity contribution is 0.190. The molecule has 4 heteroatoms. The van der Waals surface area contributed by atoms with Crippen molar-refractivity contribution in [2.24, 2.45) is 5.41 Å². The molecule has 1 saturated heterocycles. The molecule has 1 unspecified atom stereocenters. The minimum atomic E-state index is -2.77. The molecule has 1 rings (SSSR count). The Bertz CT molecular complexity index is 305. The zero-order valence-corrected chi connectivity index (χ0v) is 9.64. The molecule has 0 N–H and O–H groups in total. The van der Waals surface area contributed by atoms with Crippen LogP contribution in [0.15, 0.2) is 12.3 Å². The van der Waals surface area contributed by atoms with Crippen LogP contribution in [0.1, 0.15) is 26.7 Å². The van der Waals surface area contributed by atoms with Gasteiger partial charge in [-0.25, -0.2) is 8.42 Å². The number of rotatable bonds is 4. The molecule has 0 spiro atoms. The van der Waals surface area contributed by atoms with Gasteiger partial charge in [0.1, 0.15) is 0 Å². The van der Waals surface area contributed by atoms with Gasteiger partial charge in [-0.15, -0.1) is 0 Å². The molecule has 1 fully saturated rings. The number of hydrogen-bond acceptors (Lipinski definition) is 3. The van der Waals surface area contributed by atoms with Gasteiger partial charge in [0.15, 0.2) is 9.84 Å². The van der Waals surface area contributed by atoms with Gasteiger partial charge in [0.25, 0.3) is 0 Å². The average molecular weight is 218 g/mol. The van der Waals surface area contributed by atoms with Crippen LogP contribution in [0.25, 0.3) is 0 Å². The maximum atomic E-state index is 11.3. The van der Waals surface area contributed by atoms with E-state index in [-0.39, 0.29) is 5.41 Å². The van der Waals surface area contributed by atoms with Crippen molar-refractivity contribution in [2.45, 2.75) is 26.7 Å². The topological polar surface area (TPSA) is 43.4 Å². The second-order valence-corrected chi connectivity index (χ2v) is 6.43. The van der Waals surface area contributed by atoms with E-state index in [0.29, 0.717) is 18.1 Å². The van der Waals surface area contributed by atoms with Crippen molar-refractivity contribution in [2.75, 3.05) is 18.1 Å². The third kappa shape index (κ3) is 3.33. The Morgan fingerprint density at radius 3 is 2.71 bits per heavy atom. The summed E-state index contributed by atoms with van der Waals surface area (Å²) >= 11 is 0. The van der Waals surface area contributed by atoms with E-state index in [1.54, 1.807) is 6.26 Å². The van der Waals surface area contributed by atoms with E-state index < -0.39 is 9.84 Å².